The molecular formula is C12H29P. The lowest BCUT2D eigenvalue weighted by Gasteiger charge is -2.27. The molecule has 0 unspecified atom stereocenters. The molecule has 0 saturated heterocycles. The van der Waals surface area contributed by atoms with Crippen molar-refractivity contribution >= 4 is 13.2 Å². The van der Waals surface area contributed by atoms with Crippen molar-refractivity contribution in [2.45, 2.75) is 65.7 Å². The van der Waals surface area contributed by atoms with E-state index in [1.807, 2.05) is 0 Å². The van der Waals surface area contributed by atoms with E-state index in [9.17, 15) is 0 Å². The third-order valence-electron chi connectivity index (χ3n) is 2.86. The summed E-state index contributed by atoms with van der Waals surface area (Å²) in [5.41, 5.74) is 1.58. The first-order valence-corrected chi connectivity index (χ1v) is 8.06. The van der Waals surface area contributed by atoms with Crippen LogP contribution in [0.4, 0.5) is 0 Å². The number of hydrogen-bond donors (Lipinski definition) is 0. The van der Waals surface area contributed by atoms with Crippen molar-refractivity contribution in [1.29, 1.82) is 0 Å². The number of rotatable bonds is 3. The van der Waals surface area contributed by atoms with Crippen molar-refractivity contribution in [1.82, 2.24) is 0 Å². The topological polar surface area (TPSA) is 0 Å². The van der Waals surface area contributed by atoms with Crippen LogP contribution in [0.2, 0.25) is 0 Å². The van der Waals surface area contributed by atoms with E-state index in [2.05, 4.69) is 54.5 Å². The Kier molecular flexibility index (Phi) is 9.31. The molecule has 0 amide bonds. The number of hydrogen-bond acceptors (Lipinski definition) is 0. The second kappa shape index (κ2) is 7.68. The third kappa shape index (κ3) is 7.38. The zero-order chi connectivity index (χ0) is 11.1. The molecule has 0 aliphatic heterocycles. The minimum atomic E-state index is -0.836. The monoisotopic (exact) mass is 204 g/mol. The highest BCUT2D eigenvalue weighted by Gasteiger charge is 2.15. The summed E-state index contributed by atoms with van der Waals surface area (Å²) in [6, 6.07) is 0. The maximum atomic E-state index is 4.28. The molecule has 0 N–H and O–H groups in total. The van der Waals surface area contributed by atoms with Crippen molar-refractivity contribution in [2.24, 2.45) is 0 Å². The summed E-state index contributed by atoms with van der Waals surface area (Å²) in [6.07, 6.45) is 6.92. The van der Waals surface area contributed by atoms with Crippen LogP contribution in [-0.2, 0) is 0 Å². The van der Waals surface area contributed by atoms with Crippen molar-refractivity contribution in [3.05, 3.63) is 0 Å². The molecule has 0 spiro atoms. The van der Waals surface area contributed by atoms with Crippen LogP contribution in [0.25, 0.3) is 0 Å². The van der Waals surface area contributed by atoms with Gasteiger partial charge in [-0.25, -0.2) is 0 Å². The predicted octanol–water partition coefficient (Wildman–Crippen LogP) is 4.69. The molecule has 0 aromatic heterocycles. The molecule has 0 fully saturated rings. The fourth-order valence-corrected chi connectivity index (χ4v) is 1.79. The highest BCUT2D eigenvalue weighted by molar-refractivity contribution is 7.74. The second-order valence-corrected chi connectivity index (χ2v) is 9.29. The molecular weight excluding hydrogens is 175 g/mol. The molecule has 0 aliphatic carbocycles. The lowest BCUT2D eigenvalue weighted by atomic mass is 10.4. The van der Waals surface area contributed by atoms with Gasteiger partial charge in [0.25, 0.3) is 0 Å². The Morgan fingerprint density at radius 2 is 1.15 bits per heavy atom. The Balaban J connectivity index is 0. The highest BCUT2D eigenvalue weighted by Crippen LogP contribution is 2.50. The molecule has 13 heavy (non-hydrogen) atoms. The first-order chi connectivity index (χ1) is 5.80. The van der Waals surface area contributed by atoms with Gasteiger partial charge in [0.1, 0.15) is 0 Å². The average Bonchev–Trinajstić information content (AvgIpc) is 2.04. The normalized spacial score (nSPS) is 11.5. The molecule has 1 heteroatoms. The first-order valence-electron chi connectivity index (χ1n) is 5.50. The van der Waals surface area contributed by atoms with Crippen molar-refractivity contribution in [2.75, 3.05) is 6.66 Å². The highest BCUT2D eigenvalue weighted by atomic mass is 31.2. The molecule has 0 rings (SSSR count). The van der Waals surface area contributed by atoms with Crippen LogP contribution in [0.1, 0.15) is 54.4 Å². The zero-order valence-corrected chi connectivity index (χ0v) is 11.6. The fraction of sp³-hybridized carbons (Fsp3) is 0.917. The van der Waals surface area contributed by atoms with Crippen LogP contribution in [0.3, 0.4) is 0 Å². The Morgan fingerprint density at radius 1 is 0.923 bits per heavy atom. The maximum Gasteiger partial charge on any atom is -0.0273 e. The maximum absolute atomic E-state index is 4.28. The average molecular weight is 204 g/mol. The fourth-order valence-electron chi connectivity index (χ4n) is 0.596. The SMILES string of the molecule is C=P(C)(C(C)C)C(C)C.CCCC. The van der Waals surface area contributed by atoms with E-state index < -0.39 is 6.89 Å². The van der Waals surface area contributed by atoms with E-state index in [1.165, 1.54) is 12.8 Å². The van der Waals surface area contributed by atoms with E-state index in [4.69, 9.17) is 0 Å². The first kappa shape index (κ1) is 15.8. The van der Waals surface area contributed by atoms with E-state index in [0.29, 0.717) is 0 Å². The molecule has 0 saturated carbocycles. The molecule has 0 aromatic rings. The Morgan fingerprint density at radius 3 is 1.15 bits per heavy atom. The Labute approximate surface area is 86.1 Å². The van der Waals surface area contributed by atoms with E-state index >= 15 is 0 Å². The Hall–Kier alpha value is 0.300. The van der Waals surface area contributed by atoms with Crippen molar-refractivity contribution in [3.8, 4) is 0 Å². The van der Waals surface area contributed by atoms with E-state index in [-0.39, 0.29) is 0 Å². The van der Waals surface area contributed by atoms with E-state index in [1.54, 1.807) is 0 Å². The summed E-state index contributed by atoms with van der Waals surface area (Å²) in [4.78, 5) is 0. The van der Waals surface area contributed by atoms with Crippen LogP contribution in [-0.4, -0.2) is 24.3 Å². The van der Waals surface area contributed by atoms with Gasteiger partial charge in [-0.2, -0.15) is 0 Å². The third-order valence-corrected chi connectivity index (χ3v) is 7.58. The van der Waals surface area contributed by atoms with Gasteiger partial charge in [0.2, 0.25) is 0 Å². The van der Waals surface area contributed by atoms with Crippen molar-refractivity contribution < 1.29 is 0 Å². The van der Waals surface area contributed by atoms with Gasteiger partial charge in [0.05, 0.1) is 0 Å². The summed E-state index contributed by atoms with van der Waals surface area (Å²) in [5, 5.41) is 0. The van der Waals surface area contributed by atoms with Gasteiger partial charge >= 0.3 is 0 Å². The molecule has 0 heterocycles. The van der Waals surface area contributed by atoms with Crippen LogP contribution >= 0.6 is 6.89 Å². The van der Waals surface area contributed by atoms with Gasteiger partial charge in [0, 0.05) is 0 Å². The quantitative estimate of drug-likeness (QED) is 0.585. The van der Waals surface area contributed by atoms with E-state index in [0.717, 1.165) is 11.3 Å². The lowest BCUT2D eigenvalue weighted by Crippen LogP contribution is -2.06. The summed E-state index contributed by atoms with van der Waals surface area (Å²) in [7, 11) is 0. The zero-order valence-electron chi connectivity index (χ0n) is 10.7. The van der Waals surface area contributed by atoms with Gasteiger partial charge in [-0.3, -0.25) is 0 Å². The smallest absolute Gasteiger partial charge is 0.0273 e. The minimum Gasteiger partial charge on any atom is -0.110 e. The molecule has 0 aliphatic rings. The van der Waals surface area contributed by atoms with Crippen LogP contribution in [0.15, 0.2) is 0 Å². The van der Waals surface area contributed by atoms with Crippen LogP contribution in [0, 0.1) is 0 Å². The largest absolute Gasteiger partial charge is 0.110 e. The summed E-state index contributed by atoms with van der Waals surface area (Å²) in [5.74, 6) is 0. The molecule has 0 radical (unpaired) electrons. The summed E-state index contributed by atoms with van der Waals surface area (Å²) < 4.78 is 0. The van der Waals surface area contributed by atoms with Crippen LogP contribution in [0.5, 0.6) is 0 Å². The van der Waals surface area contributed by atoms with Crippen LogP contribution < -0.4 is 0 Å². The molecule has 0 bridgehead atoms. The summed E-state index contributed by atoms with van der Waals surface area (Å²) >= 11 is 0. The van der Waals surface area contributed by atoms with Crippen molar-refractivity contribution in [3.63, 3.8) is 0 Å². The minimum absolute atomic E-state index is 0.789. The van der Waals surface area contributed by atoms with Gasteiger partial charge < -0.3 is 0 Å². The van der Waals surface area contributed by atoms with Gasteiger partial charge in [0.15, 0.2) is 0 Å². The molecule has 0 aromatic carbocycles. The summed E-state index contributed by atoms with van der Waals surface area (Å²) in [6.45, 7) is 15.0. The second-order valence-electron chi connectivity index (χ2n) is 4.53. The molecule has 0 atom stereocenters. The predicted molar refractivity (Wildman–Crippen MR) is 70.8 cm³/mol. The number of unbranched alkanes of at least 4 members (excludes halogenated alkanes) is 1. The molecule has 0 nitrogen and oxygen atoms in total. The lowest BCUT2D eigenvalue weighted by molar-refractivity contribution is 0.886. The molecule has 82 valence electrons. The Bertz CT molecular complexity index is 131. The van der Waals surface area contributed by atoms with Gasteiger partial charge in [-0.05, 0) is 18.0 Å². The van der Waals surface area contributed by atoms with Gasteiger partial charge in [-0.15, -0.1) is 13.2 Å². The van der Waals surface area contributed by atoms with Gasteiger partial charge in [-0.1, -0.05) is 54.4 Å². The standard InChI is InChI=1S/C8H19P.C4H10/c1-7(2)9(5,6)8(3)4;1-3-4-2/h7-8H,5H2,1-4,6H3;3-4H2,1-2H3.